The van der Waals surface area contributed by atoms with Gasteiger partial charge >= 0.3 is 0 Å². The van der Waals surface area contributed by atoms with E-state index in [1.807, 2.05) is 19.9 Å². The molecule has 0 unspecified atom stereocenters. The number of aliphatic hydroxyl groups is 1. The van der Waals surface area contributed by atoms with Crippen LogP contribution in [0, 0.1) is 17.3 Å². The molecule has 0 amide bonds. The Labute approximate surface area is 94.5 Å². The monoisotopic (exact) mass is 220 g/mol. The summed E-state index contributed by atoms with van der Waals surface area (Å²) in [5.41, 5.74) is -1.36. The lowest BCUT2D eigenvalue weighted by molar-refractivity contribution is -0.128. The van der Waals surface area contributed by atoms with Gasteiger partial charge in [-0.3, -0.25) is 4.79 Å². The second kappa shape index (κ2) is 2.16. The van der Waals surface area contributed by atoms with Crippen molar-refractivity contribution in [2.24, 2.45) is 17.3 Å². The van der Waals surface area contributed by atoms with Crippen LogP contribution >= 0.6 is 0 Å². The van der Waals surface area contributed by atoms with Crippen LogP contribution in [0.1, 0.15) is 26.7 Å². The first kappa shape index (κ1) is 9.37. The molecule has 1 N–H and O–H groups in total. The fourth-order valence-corrected chi connectivity index (χ4v) is 4.74. The molecule has 2 aliphatic carbocycles. The van der Waals surface area contributed by atoms with Gasteiger partial charge in [0.05, 0.1) is 23.2 Å². The zero-order valence-corrected chi connectivity index (χ0v) is 9.56. The summed E-state index contributed by atoms with van der Waals surface area (Å²) < 4.78 is 6.07. The molecule has 3 nitrogen and oxygen atoms in total. The molecule has 1 spiro atoms. The van der Waals surface area contributed by atoms with Crippen molar-refractivity contribution < 1.29 is 14.6 Å². The Morgan fingerprint density at radius 1 is 1.44 bits per heavy atom. The first-order valence-corrected chi connectivity index (χ1v) is 6.06. The van der Waals surface area contributed by atoms with Crippen molar-refractivity contribution in [3.05, 3.63) is 12.2 Å². The lowest BCUT2D eigenvalue weighted by Crippen LogP contribution is -2.57. The molecular weight excluding hydrogens is 204 g/mol. The molecule has 2 saturated heterocycles. The minimum Gasteiger partial charge on any atom is -0.387 e. The summed E-state index contributed by atoms with van der Waals surface area (Å²) in [6.45, 7) is 3.92. The molecule has 16 heavy (non-hydrogen) atoms. The molecule has 4 rings (SSSR count). The van der Waals surface area contributed by atoms with Crippen LogP contribution in [0.5, 0.6) is 0 Å². The second-order valence-corrected chi connectivity index (χ2v) is 6.19. The van der Waals surface area contributed by atoms with E-state index in [4.69, 9.17) is 4.74 Å². The maximum atomic E-state index is 11.9. The van der Waals surface area contributed by atoms with Gasteiger partial charge in [0.25, 0.3) is 0 Å². The van der Waals surface area contributed by atoms with E-state index >= 15 is 0 Å². The topological polar surface area (TPSA) is 46.5 Å². The molecule has 3 fully saturated rings. The van der Waals surface area contributed by atoms with Crippen LogP contribution < -0.4 is 0 Å². The largest absolute Gasteiger partial charge is 0.387 e. The van der Waals surface area contributed by atoms with E-state index in [1.54, 1.807) is 6.08 Å². The minimum absolute atomic E-state index is 0.0415. The molecular formula is C13H16O3. The SMILES string of the molecule is C[C@]1(O)[C@@H]2O[C@@](C)([C@H]3C(=O)C=C[C@@H]23)C12CC2. The van der Waals surface area contributed by atoms with Crippen LogP contribution in [0.3, 0.4) is 0 Å². The van der Waals surface area contributed by atoms with Gasteiger partial charge in [-0.2, -0.15) is 0 Å². The highest BCUT2D eigenvalue weighted by molar-refractivity contribution is 5.96. The molecule has 0 aromatic heterocycles. The molecule has 4 aliphatic rings. The van der Waals surface area contributed by atoms with Crippen molar-refractivity contribution in [1.82, 2.24) is 0 Å². The lowest BCUT2D eigenvalue weighted by Gasteiger charge is -2.44. The van der Waals surface area contributed by atoms with Crippen molar-refractivity contribution in [2.45, 2.75) is 44.0 Å². The number of hydrogen-bond donors (Lipinski definition) is 1. The number of ketones is 1. The maximum Gasteiger partial charge on any atom is 0.162 e. The van der Waals surface area contributed by atoms with Gasteiger partial charge in [-0.1, -0.05) is 6.08 Å². The van der Waals surface area contributed by atoms with Gasteiger partial charge in [-0.05, 0) is 32.8 Å². The zero-order chi connectivity index (χ0) is 11.3. The first-order chi connectivity index (χ1) is 7.44. The summed E-state index contributed by atoms with van der Waals surface area (Å²) in [4.78, 5) is 11.9. The Morgan fingerprint density at radius 2 is 2.12 bits per heavy atom. The van der Waals surface area contributed by atoms with Gasteiger partial charge in [-0.15, -0.1) is 0 Å². The second-order valence-electron chi connectivity index (χ2n) is 6.19. The van der Waals surface area contributed by atoms with Crippen LogP contribution in [0.4, 0.5) is 0 Å². The van der Waals surface area contributed by atoms with E-state index in [1.165, 1.54) is 0 Å². The van der Waals surface area contributed by atoms with Gasteiger partial charge < -0.3 is 9.84 Å². The van der Waals surface area contributed by atoms with Gasteiger partial charge in [0.2, 0.25) is 0 Å². The normalized spacial score (nSPS) is 59.7. The highest BCUT2D eigenvalue weighted by Crippen LogP contribution is 2.76. The molecule has 1 saturated carbocycles. The van der Waals surface area contributed by atoms with Crippen LogP contribution in [0.15, 0.2) is 12.2 Å². The predicted molar refractivity (Wildman–Crippen MR) is 56.7 cm³/mol. The number of hydrogen-bond acceptors (Lipinski definition) is 3. The maximum absolute atomic E-state index is 11.9. The third kappa shape index (κ3) is 0.639. The molecule has 2 heterocycles. The smallest absolute Gasteiger partial charge is 0.162 e. The summed E-state index contributed by atoms with van der Waals surface area (Å²) in [6.07, 6.45) is 5.41. The summed E-state index contributed by atoms with van der Waals surface area (Å²) in [5, 5.41) is 10.7. The zero-order valence-electron chi connectivity index (χ0n) is 9.56. The average molecular weight is 220 g/mol. The van der Waals surface area contributed by atoms with Crippen LogP contribution in [0.25, 0.3) is 0 Å². The van der Waals surface area contributed by atoms with E-state index in [0.717, 1.165) is 12.8 Å². The highest BCUT2D eigenvalue weighted by Gasteiger charge is 2.83. The fourth-order valence-electron chi connectivity index (χ4n) is 4.74. The van der Waals surface area contributed by atoms with E-state index in [-0.39, 0.29) is 29.1 Å². The number of carbonyl (C=O) groups excluding carboxylic acids is 1. The molecule has 0 radical (unpaired) electrons. The number of rotatable bonds is 0. The Balaban J connectivity index is 1.92. The lowest BCUT2D eigenvalue weighted by atomic mass is 9.59. The number of fused-ring (bicyclic) bond motifs is 6. The Kier molecular flexibility index (Phi) is 1.27. The fraction of sp³-hybridized carbons (Fsp3) is 0.769. The third-order valence-corrected chi connectivity index (χ3v) is 5.71. The first-order valence-electron chi connectivity index (χ1n) is 6.06. The predicted octanol–water partition coefficient (Wildman–Crippen LogP) is 1.06. The van der Waals surface area contributed by atoms with Crippen LogP contribution in [0.2, 0.25) is 0 Å². The highest BCUT2D eigenvalue weighted by atomic mass is 16.6. The minimum atomic E-state index is -0.766. The molecule has 86 valence electrons. The number of allylic oxidation sites excluding steroid dienone is 1. The Morgan fingerprint density at radius 3 is 2.75 bits per heavy atom. The third-order valence-electron chi connectivity index (χ3n) is 5.71. The van der Waals surface area contributed by atoms with E-state index < -0.39 is 11.2 Å². The number of ether oxygens (including phenoxy) is 1. The van der Waals surface area contributed by atoms with Crippen molar-refractivity contribution >= 4 is 5.78 Å². The molecule has 3 heteroatoms. The van der Waals surface area contributed by atoms with Crippen LogP contribution in [-0.4, -0.2) is 28.2 Å². The molecule has 5 atom stereocenters. The Bertz CT molecular complexity index is 432. The Hall–Kier alpha value is -0.670. The van der Waals surface area contributed by atoms with Crippen LogP contribution in [-0.2, 0) is 9.53 Å². The standard InChI is InChI=1S/C13H16O3/c1-11(15)10-7-3-4-8(14)9(7)12(2,16-10)13(11)5-6-13/h3-4,7,9-10,15H,5-6H2,1-2H3/t7-,9-,10-,11+,12+/m1/s1. The van der Waals surface area contributed by atoms with E-state index in [9.17, 15) is 9.90 Å². The number of carbonyl (C=O) groups is 1. The molecule has 2 aliphatic heterocycles. The summed E-state index contributed by atoms with van der Waals surface area (Å²) in [7, 11) is 0. The van der Waals surface area contributed by atoms with Gasteiger partial charge in [0, 0.05) is 11.3 Å². The van der Waals surface area contributed by atoms with E-state index in [2.05, 4.69) is 0 Å². The molecule has 0 aromatic rings. The van der Waals surface area contributed by atoms with Crippen molar-refractivity contribution in [2.75, 3.05) is 0 Å². The van der Waals surface area contributed by atoms with Gasteiger partial charge in [0.1, 0.15) is 0 Å². The van der Waals surface area contributed by atoms with Crippen molar-refractivity contribution in [1.29, 1.82) is 0 Å². The van der Waals surface area contributed by atoms with E-state index in [0.29, 0.717) is 0 Å². The van der Waals surface area contributed by atoms with Gasteiger partial charge in [-0.25, -0.2) is 0 Å². The molecule has 2 bridgehead atoms. The quantitative estimate of drug-likeness (QED) is 0.664. The van der Waals surface area contributed by atoms with Crippen molar-refractivity contribution in [3.8, 4) is 0 Å². The summed E-state index contributed by atoms with van der Waals surface area (Å²) in [6, 6.07) is 0. The molecule has 0 aromatic carbocycles. The van der Waals surface area contributed by atoms with Crippen molar-refractivity contribution in [3.63, 3.8) is 0 Å². The summed E-state index contributed by atoms with van der Waals surface area (Å²) >= 11 is 0. The van der Waals surface area contributed by atoms with Gasteiger partial charge in [0.15, 0.2) is 5.78 Å². The average Bonchev–Trinajstić information content (AvgIpc) is 2.82. The summed E-state index contributed by atoms with van der Waals surface area (Å²) in [5.74, 6) is 0.246.